The van der Waals surface area contributed by atoms with Gasteiger partial charge < -0.3 is 0 Å². The Hall–Kier alpha value is -3.12. The Kier molecular flexibility index (Phi) is 85.3. The van der Waals surface area contributed by atoms with Crippen molar-refractivity contribution < 1.29 is 0 Å². The van der Waals surface area contributed by atoms with Gasteiger partial charge in [-0.15, -0.1) is 0 Å². The molecule has 0 nitrogen and oxygen atoms in total. The van der Waals surface area contributed by atoms with Gasteiger partial charge in [0.2, 0.25) is 0 Å². The maximum absolute atomic E-state index is 2.40. The molecule has 0 heteroatoms. The van der Waals surface area contributed by atoms with Gasteiger partial charge in [-0.05, 0) is 121 Å². The molecule has 8 aliphatic rings. The highest BCUT2D eigenvalue weighted by atomic mass is 14.4. The molecule has 0 heterocycles. The number of rotatable bonds is 0. The first kappa shape index (κ1) is 108. The third kappa shape index (κ3) is 60.6. The van der Waals surface area contributed by atoms with Crippen LogP contribution in [0.1, 0.15) is 397 Å². The maximum atomic E-state index is 2.40. The minimum Gasteiger partial charge on any atom is -0.0776 e. The molecule has 562 valence electrons. The third-order valence-corrected chi connectivity index (χ3v) is 20.6. The van der Waals surface area contributed by atoms with Gasteiger partial charge in [-0.3, -0.25) is 0 Å². The summed E-state index contributed by atoms with van der Waals surface area (Å²) in [5.74, 6) is 9.35. The van der Waals surface area contributed by atoms with Crippen LogP contribution >= 0.6 is 0 Å². The number of benzene rings is 4. The SMILES string of the molecule is C.C.C.C.C1CCCC1.C1CCCC1.C1CCCC1.C1CCCC1.C1CCCC1.C1CCCC1.CC.CC.CC.CC.CC1C(C)C(C)C(C)C1C.CC1C(C)C(C)C(C)C1C.Cc1cc(C)cc(C)c1.Cc1cc(C)cc(C)c1.Cc1cc(C)cc(C)c1.c1ccccc1. The summed E-state index contributed by atoms with van der Waals surface area (Å²) < 4.78 is 0. The van der Waals surface area contributed by atoms with Crippen LogP contribution in [0.5, 0.6) is 0 Å². The molecule has 0 unspecified atom stereocenters. The smallest absolute Gasteiger partial charge is 0.0386 e. The first-order valence-corrected chi connectivity index (χ1v) is 39.8. The van der Waals surface area contributed by atoms with Crippen molar-refractivity contribution >= 4 is 0 Å². The summed E-state index contributed by atoms with van der Waals surface area (Å²) in [6.07, 6.45) is 45.0. The van der Waals surface area contributed by atoms with E-state index in [-0.39, 0.29) is 29.7 Å². The molecule has 95 heavy (non-hydrogen) atoms. The lowest BCUT2D eigenvalue weighted by atomic mass is 9.92. The lowest BCUT2D eigenvalue weighted by Gasteiger charge is -2.14. The molecule has 8 fully saturated rings. The van der Waals surface area contributed by atoms with Gasteiger partial charge in [-0.1, -0.05) is 488 Å². The van der Waals surface area contributed by atoms with Crippen LogP contribution in [-0.2, 0) is 0 Å². The molecule has 0 aromatic heterocycles. The van der Waals surface area contributed by atoms with Crippen LogP contribution in [0, 0.1) is 121 Å². The predicted molar refractivity (Wildman–Crippen MR) is 451 cm³/mol. The van der Waals surface area contributed by atoms with Crippen molar-refractivity contribution in [2.75, 3.05) is 0 Å². The Morgan fingerprint density at radius 2 is 0.200 bits per heavy atom. The average molecular weight is 1320 g/mol. The van der Waals surface area contributed by atoms with Crippen molar-refractivity contribution in [2.24, 2.45) is 59.2 Å². The van der Waals surface area contributed by atoms with Gasteiger partial charge in [0.25, 0.3) is 0 Å². The Labute approximate surface area is 606 Å². The molecule has 4 aromatic carbocycles. The van der Waals surface area contributed by atoms with Crippen molar-refractivity contribution in [1.82, 2.24) is 0 Å². The fourth-order valence-corrected chi connectivity index (χ4v) is 14.1. The van der Waals surface area contributed by atoms with Gasteiger partial charge in [0.15, 0.2) is 0 Å². The minimum absolute atomic E-state index is 0. The van der Waals surface area contributed by atoms with Crippen LogP contribution in [0.25, 0.3) is 0 Å². The summed E-state index contributed by atoms with van der Waals surface area (Å²) in [6.45, 7) is 59.1. The van der Waals surface area contributed by atoms with Crippen LogP contribution in [0.3, 0.4) is 0 Å². The second kappa shape index (κ2) is 75.1. The van der Waals surface area contributed by atoms with E-state index in [9.17, 15) is 0 Å². The highest BCUT2D eigenvalue weighted by Gasteiger charge is 2.39. The lowest BCUT2D eigenvalue weighted by Crippen LogP contribution is -2.07. The molecule has 0 saturated heterocycles. The largest absolute Gasteiger partial charge is 0.0776 e. The predicted octanol–water partition coefficient (Wildman–Crippen LogP) is 34.2. The van der Waals surface area contributed by atoms with Crippen molar-refractivity contribution in [2.45, 2.75) is 409 Å². The molecule has 12 rings (SSSR count). The molecule has 0 bridgehead atoms. The van der Waals surface area contributed by atoms with Crippen LogP contribution in [-0.4, -0.2) is 0 Å². The van der Waals surface area contributed by atoms with E-state index in [2.05, 4.69) is 186 Å². The van der Waals surface area contributed by atoms with Crippen LogP contribution in [0.4, 0.5) is 0 Å². The minimum atomic E-state index is 0. The normalized spacial score (nSPS) is 22.8. The summed E-state index contributed by atoms with van der Waals surface area (Å²) in [7, 11) is 0. The van der Waals surface area contributed by atoms with Crippen molar-refractivity contribution in [1.29, 1.82) is 0 Å². The van der Waals surface area contributed by atoms with Crippen LogP contribution in [0.2, 0.25) is 0 Å². The summed E-state index contributed by atoms with van der Waals surface area (Å²) in [5.41, 5.74) is 12.2. The second-order valence-electron chi connectivity index (χ2n) is 28.3. The zero-order valence-electron chi connectivity index (χ0n) is 67.1. The Bertz CT molecular complexity index is 1530. The van der Waals surface area contributed by atoms with Gasteiger partial charge in [0.1, 0.15) is 0 Å². The lowest BCUT2D eigenvalue weighted by molar-refractivity contribution is 0.352. The quantitative estimate of drug-likeness (QED) is 0.165. The molecule has 0 spiro atoms. The van der Waals surface area contributed by atoms with Gasteiger partial charge in [0, 0.05) is 0 Å². The van der Waals surface area contributed by atoms with Crippen LogP contribution < -0.4 is 0 Å². The molecule has 8 aliphatic carbocycles. The van der Waals surface area contributed by atoms with Gasteiger partial charge in [-0.2, -0.15) is 0 Å². The fraction of sp³-hybridized carbons (Fsp3) is 0.747. The Morgan fingerprint density at radius 1 is 0.147 bits per heavy atom. The fourth-order valence-electron chi connectivity index (χ4n) is 14.1. The van der Waals surface area contributed by atoms with E-state index in [1.54, 1.807) is 0 Å². The highest BCUT2D eigenvalue weighted by Crippen LogP contribution is 2.45. The first-order chi connectivity index (χ1) is 43.7. The first-order valence-electron chi connectivity index (χ1n) is 39.8. The summed E-state index contributed by atoms with van der Waals surface area (Å²) in [6, 6.07) is 31.7. The summed E-state index contributed by atoms with van der Waals surface area (Å²) in [5, 5.41) is 0. The van der Waals surface area contributed by atoms with E-state index in [1.165, 1.54) is 243 Å². The summed E-state index contributed by atoms with van der Waals surface area (Å²) in [4.78, 5) is 0. The molecular formula is C95H182. The number of hydrogen-bond donors (Lipinski definition) is 0. The molecule has 0 N–H and O–H groups in total. The van der Waals surface area contributed by atoms with Crippen molar-refractivity contribution in [3.05, 3.63) is 141 Å². The van der Waals surface area contributed by atoms with Crippen molar-refractivity contribution in [3.8, 4) is 0 Å². The molecule has 8 saturated carbocycles. The highest BCUT2D eigenvalue weighted by molar-refractivity contribution is 5.28. The Balaban J connectivity index is -0.000000144. The molecule has 0 aliphatic heterocycles. The van der Waals surface area contributed by atoms with Gasteiger partial charge in [0.05, 0.1) is 0 Å². The van der Waals surface area contributed by atoms with E-state index in [0.29, 0.717) is 0 Å². The average Bonchev–Trinajstić information content (AvgIpc) is 1.70. The molecule has 0 amide bonds. The standard InChI is InChI=1S/2C10H20.3C9H12.C6H6.6C5H10.4C2H6.4CH4/c2*1-6-7(2)9(4)10(5)8(6)3;3*1-7-4-8(2)6-9(3)5-7;1-2-4-6-5-3-1;6*1-2-4-5-3-1;4*1-2;;;;/h2*6-10H,1-5H3;3*4-6H,1-3H3;1-6H;6*1-5H2;4*1-2H3;4*1H4. The molecule has 0 atom stereocenters. The zero-order chi connectivity index (χ0) is 69.8. The summed E-state index contributed by atoms with van der Waals surface area (Å²) >= 11 is 0. The third-order valence-electron chi connectivity index (χ3n) is 20.6. The van der Waals surface area contributed by atoms with Gasteiger partial charge in [-0.25, -0.2) is 0 Å². The van der Waals surface area contributed by atoms with E-state index in [1.807, 2.05) is 91.8 Å². The number of hydrogen-bond acceptors (Lipinski definition) is 0. The maximum Gasteiger partial charge on any atom is -0.0386 e. The Morgan fingerprint density at radius 3 is 0.253 bits per heavy atom. The zero-order valence-corrected chi connectivity index (χ0v) is 67.1. The molecule has 0 radical (unpaired) electrons. The molecular weight excluding hydrogens is 1140 g/mol. The van der Waals surface area contributed by atoms with E-state index < -0.39 is 0 Å². The van der Waals surface area contributed by atoms with E-state index >= 15 is 0 Å². The van der Waals surface area contributed by atoms with Gasteiger partial charge >= 0.3 is 0 Å². The van der Waals surface area contributed by atoms with Crippen LogP contribution in [0.15, 0.2) is 91.0 Å². The van der Waals surface area contributed by atoms with E-state index in [4.69, 9.17) is 0 Å². The topological polar surface area (TPSA) is 0 Å². The second-order valence-corrected chi connectivity index (χ2v) is 28.3. The number of aryl methyl sites for hydroxylation is 9. The monoisotopic (exact) mass is 1320 g/mol. The van der Waals surface area contributed by atoms with E-state index in [0.717, 1.165) is 59.2 Å². The van der Waals surface area contributed by atoms with Crippen molar-refractivity contribution in [3.63, 3.8) is 0 Å². The molecule has 4 aromatic rings.